The zero-order valence-electron chi connectivity index (χ0n) is 25.6. The van der Waals surface area contributed by atoms with E-state index >= 15 is 0 Å². The van der Waals surface area contributed by atoms with Crippen LogP contribution in [0.4, 0.5) is 10.5 Å². The van der Waals surface area contributed by atoms with Crippen LogP contribution in [0.1, 0.15) is 129 Å². The summed E-state index contributed by atoms with van der Waals surface area (Å²) in [6.07, 6.45) is 21.8. The number of likely N-dealkylation sites (N-methyl/N-ethyl adjacent to an activating group) is 1. The van der Waals surface area contributed by atoms with Crippen LogP contribution in [0.25, 0.3) is 0 Å². The number of benzene rings is 1. The Morgan fingerprint density at radius 3 is 1.77 bits per heavy atom. The highest BCUT2D eigenvalue weighted by atomic mass is 16.5. The van der Waals surface area contributed by atoms with Gasteiger partial charge in [0.05, 0.1) is 0 Å². The van der Waals surface area contributed by atoms with Crippen LogP contribution in [-0.2, 0) is 16.1 Å². The topological polar surface area (TPSA) is 61.9 Å². The molecular formula is C33H59N3O3. The Hall–Kier alpha value is -2.08. The summed E-state index contributed by atoms with van der Waals surface area (Å²) < 4.78 is 5.44. The molecule has 0 aliphatic rings. The maximum atomic E-state index is 12.1. The minimum absolute atomic E-state index is 0.149. The van der Waals surface area contributed by atoms with E-state index in [0.29, 0.717) is 13.1 Å². The molecule has 0 radical (unpaired) electrons. The lowest BCUT2D eigenvalue weighted by molar-refractivity contribution is -0.107. The van der Waals surface area contributed by atoms with Gasteiger partial charge >= 0.3 is 6.09 Å². The third-order valence-corrected chi connectivity index (χ3v) is 7.63. The number of anilines is 1. The van der Waals surface area contributed by atoms with Crippen molar-refractivity contribution in [2.24, 2.45) is 0 Å². The molecule has 224 valence electrons. The smallest absolute Gasteiger partial charge is 0.407 e. The van der Waals surface area contributed by atoms with E-state index in [-0.39, 0.29) is 6.61 Å². The van der Waals surface area contributed by atoms with Crippen molar-refractivity contribution in [3.63, 3.8) is 0 Å². The summed E-state index contributed by atoms with van der Waals surface area (Å²) in [5.74, 6) is 0. The van der Waals surface area contributed by atoms with E-state index in [1.807, 2.05) is 24.3 Å². The van der Waals surface area contributed by atoms with Crippen molar-refractivity contribution in [2.75, 3.05) is 37.6 Å². The number of ether oxygens (including phenoxy) is 1. The van der Waals surface area contributed by atoms with Gasteiger partial charge in [-0.1, -0.05) is 135 Å². The first-order valence-corrected chi connectivity index (χ1v) is 16.1. The molecule has 39 heavy (non-hydrogen) atoms. The zero-order chi connectivity index (χ0) is 28.4. The van der Waals surface area contributed by atoms with Gasteiger partial charge in [0, 0.05) is 30.9 Å². The van der Waals surface area contributed by atoms with Crippen molar-refractivity contribution in [3.8, 4) is 0 Å². The first kappa shape index (κ1) is 34.9. The largest absolute Gasteiger partial charge is 0.445 e. The second-order valence-electron chi connectivity index (χ2n) is 10.8. The van der Waals surface area contributed by atoms with E-state index in [0.717, 1.165) is 50.1 Å². The van der Waals surface area contributed by atoms with Gasteiger partial charge in [-0.05, 0) is 25.6 Å². The third kappa shape index (κ3) is 18.0. The van der Waals surface area contributed by atoms with Crippen molar-refractivity contribution in [2.45, 2.75) is 130 Å². The van der Waals surface area contributed by atoms with Crippen molar-refractivity contribution in [1.82, 2.24) is 10.2 Å². The molecule has 0 fully saturated rings. The molecule has 0 bridgehead atoms. The summed E-state index contributed by atoms with van der Waals surface area (Å²) in [7, 11) is 0. The minimum Gasteiger partial charge on any atom is -0.445 e. The average molecular weight is 546 g/mol. The van der Waals surface area contributed by atoms with Crippen molar-refractivity contribution >= 4 is 18.2 Å². The van der Waals surface area contributed by atoms with E-state index in [2.05, 4.69) is 31.0 Å². The Balaban J connectivity index is 2.16. The number of nitrogens with zero attached hydrogens (tertiary/aromatic N) is 2. The third-order valence-electron chi connectivity index (χ3n) is 7.63. The molecule has 2 amide bonds. The van der Waals surface area contributed by atoms with Gasteiger partial charge in [-0.15, -0.1) is 0 Å². The predicted octanol–water partition coefficient (Wildman–Crippen LogP) is 8.48. The lowest BCUT2D eigenvalue weighted by atomic mass is 10.0. The first-order valence-electron chi connectivity index (χ1n) is 16.1. The van der Waals surface area contributed by atoms with Crippen LogP contribution in [0.2, 0.25) is 0 Å². The Bertz CT molecular complexity index is 724. The van der Waals surface area contributed by atoms with E-state index in [4.69, 9.17) is 4.74 Å². The Labute approximate surface area is 240 Å². The van der Waals surface area contributed by atoms with Crippen LogP contribution in [-0.4, -0.2) is 50.1 Å². The van der Waals surface area contributed by atoms with Crippen molar-refractivity contribution in [1.29, 1.82) is 0 Å². The quantitative estimate of drug-likeness (QED) is 0.0936. The summed E-state index contributed by atoms with van der Waals surface area (Å²) in [5, 5.41) is 2.81. The maximum absolute atomic E-state index is 12.1. The number of amides is 2. The Morgan fingerprint density at radius 2 is 1.26 bits per heavy atom. The number of carbonyl (C=O) groups excluding carboxylic acids is 2. The fourth-order valence-electron chi connectivity index (χ4n) is 5.02. The molecule has 6 nitrogen and oxygen atoms in total. The molecule has 0 aliphatic carbocycles. The van der Waals surface area contributed by atoms with Crippen LogP contribution >= 0.6 is 0 Å². The molecule has 1 N–H and O–H groups in total. The zero-order valence-corrected chi connectivity index (χ0v) is 25.6. The van der Waals surface area contributed by atoms with Crippen molar-refractivity contribution < 1.29 is 14.3 Å². The molecule has 1 rings (SSSR count). The number of rotatable bonds is 26. The highest BCUT2D eigenvalue weighted by Crippen LogP contribution is 2.21. The number of hydrogen-bond acceptors (Lipinski definition) is 4. The molecule has 1 aromatic carbocycles. The SMILES string of the molecule is CCCCCCCCCCCCCCCCCCN(C=O)c1ccccc1COC(=O)NCCN(CC)CC. The number of alkyl carbamates (subject to hydrolysis) is 1. The van der Waals surface area contributed by atoms with E-state index in [1.54, 1.807) is 4.90 Å². The summed E-state index contributed by atoms with van der Waals surface area (Å²) in [6.45, 7) is 10.6. The molecular weight excluding hydrogens is 486 g/mol. The van der Waals surface area contributed by atoms with Gasteiger partial charge in [0.1, 0.15) is 6.61 Å². The second kappa shape index (κ2) is 24.9. The monoisotopic (exact) mass is 545 g/mol. The van der Waals surface area contributed by atoms with Gasteiger partial charge in [-0.3, -0.25) is 4.79 Å². The molecule has 0 spiro atoms. The normalized spacial score (nSPS) is 11.1. The summed E-state index contributed by atoms with van der Waals surface area (Å²) in [4.78, 5) is 28.0. The summed E-state index contributed by atoms with van der Waals surface area (Å²) in [6, 6.07) is 7.69. The van der Waals surface area contributed by atoms with Crippen LogP contribution in [0.5, 0.6) is 0 Å². The number of unbranched alkanes of at least 4 members (excludes halogenated alkanes) is 15. The van der Waals surface area contributed by atoms with Gasteiger partial charge < -0.3 is 19.9 Å². The summed E-state index contributed by atoms with van der Waals surface area (Å²) in [5.41, 5.74) is 1.67. The number of carbonyl (C=O) groups is 2. The Morgan fingerprint density at radius 1 is 0.744 bits per heavy atom. The van der Waals surface area contributed by atoms with E-state index in [1.165, 1.54) is 89.9 Å². The molecule has 0 heterocycles. The second-order valence-corrected chi connectivity index (χ2v) is 10.8. The minimum atomic E-state index is -0.424. The van der Waals surface area contributed by atoms with Crippen LogP contribution in [0, 0.1) is 0 Å². The van der Waals surface area contributed by atoms with Gasteiger partial charge in [0.25, 0.3) is 0 Å². The van der Waals surface area contributed by atoms with Gasteiger partial charge in [-0.2, -0.15) is 0 Å². The van der Waals surface area contributed by atoms with Gasteiger partial charge in [-0.25, -0.2) is 4.79 Å². The van der Waals surface area contributed by atoms with Gasteiger partial charge in [0.2, 0.25) is 6.41 Å². The maximum Gasteiger partial charge on any atom is 0.407 e. The Kier molecular flexibility index (Phi) is 22.3. The molecule has 0 atom stereocenters. The van der Waals surface area contributed by atoms with E-state index < -0.39 is 6.09 Å². The predicted molar refractivity (Wildman–Crippen MR) is 165 cm³/mol. The van der Waals surface area contributed by atoms with Crippen molar-refractivity contribution in [3.05, 3.63) is 29.8 Å². The average Bonchev–Trinajstić information content (AvgIpc) is 2.96. The van der Waals surface area contributed by atoms with Crippen LogP contribution in [0.15, 0.2) is 24.3 Å². The van der Waals surface area contributed by atoms with E-state index in [9.17, 15) is 9.59 Å². The number of para-hydroxylation sites is 1. The lowest BCUT2D eigenvalue weighted by Crippen LogP contribution is -2.35. The molecule has 0 aromatic heterocycles. The fraction of sp³-hybridized carbons (Fsp3) is 0.758. The lowest BCUT2D eigenvalue weighted by Gasteiger charge is -2.21. The molecule has 0 unspecified atom stereocenters. The van der Waals surface area contributed by atoms with Crippen LogP contribution in [0.3, 0.4) is 0 Å². The fourth-order valence-corrected chi connectivity index (χ4v) is 5.02. The summed E-state index contributed by atoms with van der Waals surface area (Å²) >= 11 is 0. The van der Waals surface area contributed by atoms with Crippen LogP contribution < -0.4 is 10.2 Å². The number of nitrogens with one attached hydrogen (secondary N) is 1. The molecule has 0 saturated heterocycles. The highest BCUT2D eigenvalue weighted by molar-refractivity contribution is 5.77. The highest BCUT2D eigenvalue weighted by Gasteiger charge is 2.12. The molecule has 6 heteroatoms. The molecule has 0 saturated carbocycles. The standard InChI is InChI=1S/C33H59N3O3/c1-4-7-8-9-10-11-12-13-14-15-16-17-18-19-20-23-27-36(30-37)32-25-22-21-24-31(32)29-39-33(38)34-26-28-35(5-2)6-3/h21-22,24-25,30H,4-20,23,26-29H2,1-3H3,(H,34,38). The molecule has 0 aliphatic heterocycles. The van der Waals surface area contributed by atoms with Gasteiger partial charge in [0.15, 0.2) is 0 Å². The first-order chi connectivity index (χ1) is 19.2. The number of hydrogen-bond donors (Lipinski definition) is 1. The molecule has 1 aromatic rings.